The topological polar surface area (TPSA) is 51.3 Å². The van der Waals surface area contributed by atoms with E-state index in [9.17, 15) is 4.79 Å². The number of carbonyl (C=O) groups is 1. The van der Waals surface area contributed by atoms with Gasteiger partial charge in [0.15, 0.2) is 0 Å². The Morgan fingerprint density at radius 3 is 2.67 bits per heavy atom. The van der Waals surface area contributed by atoms with Crippen molar-refractivity contribution in [2.45, 2.75) is 44.7 Å². The number of benzene rings is 2. The Labute approximate surface area is 201 Å². The molecule has 1 saturated heterocycles. The van der Waals surface area contributed by atoms with Gasteiger partial charge in [-0.15, -0.1) is 0 Å². The number of amides is 1. The Bertz CT molecular complexity index is 1400. The van der Waals surface area contributed by atoms with Crippen molar-refractivity contribution in [2.24, 2.45) is 7.05 Å². The third-order valence-electron chi connectivity index (χ3n) is 6.94. The van der Waals surface area contributed by atoms with Gasteiger partial charge in [0, 0.05) is 45.2 Å². The molecule has 0 saturated carbocycles. The second-order valence-electron chi connectivity index (χ2n) is 9.12. The Morgan fingerprint density at radius 1 is 1.09 bits per heavy atom. The highest BCUT2D eigenvalue weighted by molar-refractivity contribution is 6.35. The molecule has 1 fully saturated rings. The molecular formula is C26H23Cl2N3O2. The van der Waals surface area contributed by atoms with Gasteiger partial charge in [0.05, 0.1) is 17.4 Å². The van der Waals surface area contributed by atoms with E-state index in [1.807, 2.05) is 55.1 Å². The monoisotopic (exact) mass is 479 g/mol. The molecule has 2 atom stereocenters. The summed E-state index contributed by atoms with van der Waals surface area (Å²) in [6.45, 7) is 1.92. The van der Waals surface area contributed by atoms with E-state index in [0.29, 0.717) is 15.6 Å². The van der Waals surface area contributed by atoms with Crippen molar-refractivity contribution in [1.29, 1.82) is 0 Å². The van der Waals surface area contributed by atoms with E-state index < -0.39 is 0 Å². The summed E-state index contributed by atoms with van der Waals surface area (Å²) in [5.41, 5.74) is 5.59. The zero-order valence-electron chi connectivity index (χ0n) is 18.4. The Kier molecular flexibility index (Phi) is 4.82. The Balaban J connectivity index is 1.42. The van der Waals surface area contributed by atoms with E-state index in [4.69, 9.17) is 32.7 Å². The highest BCUT2D eigenvalue weighted by Gasteiger charge is 2.43. The second-order valence-corrected chi connectivity index (χ2v) is 9.99. The van der Waals surface area contributed by atoms with Crippen LogP contribution < -0.4 is 0 Å². The fourth-order valence-electron chi connectivity index (χ4n) is 5.65. The lowest BCUT2D eigenvalue weighted by molar-refractivity contribution is 0.0392. The van der Waals surface area contributed by atoms with Crippen LogP contribution in [0.25, 0.3) is 22.2 Å². The van der Waals surface area contributed by atoms with Crippen molar-refractivity contribution in [2.75, 3.05) is 0 Å². The molecule has 5 nitrogen and oxygen atoms in total. The van der Waals surface area contributed by atoms with Gasteiger partial charge in [-0.05, 0) is 69.0 Å². The molecule has 2 aliphatic rings. The molecule has 168 valence electrons. The van der Waals surface area contributed by atoms with E-state index in [1.54, 1.807) is 6.07 Å². The molecule has 0 N–H and O–H groups in total. The highest BCUT2D eigenvalue weighted by Crippen LogP contribution is 2.45. The fourth-order valence-corrected chi connectivity index (χ4v) is 6.17. The lowest BCUT2D eigenvalue weighted by atomic mass is 9.81. The van der Waals surface area contributed by atoms with Crippen molar-refractivity contribution in [3.8, 4) is 11.3 Å². The van der Waals surface area contributed by atoms with Crippen LogP contribution in [0.5, 0.6) is 0 Å². The van der Waals surface area contributed by atoms with Crippen LogP contribution in [0.15, 0.2) is 46.9 Å². The van der Waals surface area contributed by atoms with Crippen LogP contribution in [-0.2, 0) is 13.5 Å². The summed E-state index contributed by atoms with van der Waals surface area (Å²) >= 11 is 12.6. The number of carbonyl (C=O) groups excluding carboxylic acids is 1. The molecule has 0 radical (unpaired) electrons. The zero-order valence-corrected chi connectivity index (χ0v) is 20.0. The number of hydrogen-bond acceptors (Lipinski definition) is 3. The van der Waals surface area contributed by atoms with Crippen LogP contribution in [-0.4, -0.2) is 26.6 Å². The molecule has 4 aromatic rings. The van der Waals surface area contributed by atoms with Crippen molar-refractivity contribution < 1.29 is 9.21 Å². The van der Waals surface area contributed by atoms with Gasteiger partial charge in [0.2, 0.25) is 0 Å². The van der Waals surface area contributed by atoms with Crippen LogP contribution >= 0.6 is 23.2 Å². The number of rotatable bonds is 2. The first-order valence-corrected chi connectivity index (χ1v) is 12.0. The van der Waals surface area contributed by atoms with Gasteiger partial charge < -0.3 is 9.32 Å². The van der Waals surface area contributed by atoms with Crippen LogP contribution in [0.1, 0.15) is 52.7 Å². The average Bonchev–Trinajstić information content (AvgIpc) is 3.29. The summed E-state index contributed by atoms with van der Waals surface area (Å²) in [4.78, 5) is 15.8. The number of piperidine rings is 1. The van der Waals surface area contributed by atoms with E-state index in [1.165, 1.54) is 5.56 Å². The van der Waals surface area contributed by atoms with Crippen molar-refractivity contribution in [1.82, 2.24) is 14.7 Å². The molecule has 2 aromatic carbocycles. The smallest absolute Gasteiger partial charge is 0.254 e. The molecule has 2 bridgehead atoms. The van der Waals surface area contributed by atoms with Gasteiger partial charge in [-0.2, -0.15) is 5.10 Å². The predicted octanol–water partition coefficient (Wildman–Crippen LogP) is 6.74. The molecule has 4 heterocycles. The number of hydrogen-bond donors (Lipinski definition) is 0. The molecule has 2 aromatic heterocycles. The number of halogens is 2. The summed E-state index contributed by atoms with van der Waals surface area (Å²) in [7, 11) is 1.95. The number of aryl methyl sites for hydroxylation is 2. The molecular weight excluding hydrogens is 457 g/mol. The minimum Gasteiger partial charge on any atom is -0.461 e. The zero-order chi connectivity index (χ0) is 22.9. The lowest BCUT2D eigenvalue weighted by Crippen LogP contribution is -2.49. The van der Waals surface area contributed by atoms with E-state index in [-0.39, 0.29) is 18.0 Å². The second kappa shape index (κ2) is 7.64. The maximum atomic E-state index is 13.7. The molecule has 0 spiro atoms. The van der Waals surface area contributed by atoms with Crippen molar-refractivity contribution in [3.63, 3.8) is 0 Å². The molecule has 1 amide bonds. The van der Waals surface area contributed by atoms with Crippen LogP contribution in [0.4, 0.5) is 0 Å². The van der Waals surface area contributed by atoms with Gasteiger partial charge in [-0.25, -0.2) is 0 Å². The lowest BCUT2D eigenvalue weighted by Gasteiger charge is -2.45. The summed E-state index contributed by atoms with van der Waals surface area (Å²) in [6, 6.07) is 13.4. The SMILES string of the molecule is Cc1cc2ccc(C(=O)N3[C@@H]4CCC[C@H]3c3nn(C)c(-c5cc(Cl)cc(Cl)c5)c3C4)cc2o1. The fraction of sp³-hybridized carbons (Fsp3) is 0.308. The van der Waals surface area contributed by atoms with E-state index in [0.717, 1.165) is 59.4 Å². The van der Waals surface area contributed by atoms with Crippen LogP contribution in [0, 0.1) is 6.92 Å². The third kappa shape index (κ3) is 3.37. The maximum Gasteiger partial charge on any atom is 0.254 e. The largest absolute Gasteiger partial charge is 0.461 e. The van der Waals surface area contributed by atoms with Gasteiger partial charge in [0.25, 0.3) is 5.91 Å². The summed E-state index contributed by atoms with van der Waals surface area (Å²) in [5.74, 6) is 0.889. The minimum atomic E-state index is -0.0383. The Morgan fingerprint density at radius 2 is 1.88 bits per heavy atom. The van der Waals surface area contributed by atoms with Crippen LogP contribution in [0.2, 0.25) is 10.0 Å². The highest BCUT2D eigenvalue weighted by atomic mass is 35.5. The number of fused-ring (bicyclic) bond motifs is 5. The van der Waals surface area contributed by atoms with Gasteiger partial charge in [-0.3, -0.25) is 9.48 Å². The molecule has 2 aliphatic heterocycles. The standard InChI is InChI=1S/C26H23Cl2N3O2/c1-14-8-15-6-7-16(11-23(15)33-14)26(32)31-20-4-3-5-22(31)24-21(13-20)25(30(2)29-24)17-9-18(27)12-19(28)10-17/h6-12,20,22H,3-5,13H2,1-2H3/t20-,22+/m1/s1. The maximum absolute atomic E-state index is 13.7. The van der Waals surface area contributed by atoms with Gasteiger partial charge in [0.1, 0.15) is 11.3 Å². The molecule has 6 rings (SSSR count). The first-order chi connectivity index (χ1) is 15.9. The third-order valence-corrected chi connectivity index (χ3v) is 7.37. The molecule has 33 heavy (non-hydrogen) atoms. The molecule has 0 unspecified atom stereocenters. The van der Waals surface area contributed by atoms with Gasteiger partial charge in [-0.1, -0.05) is 29.3 Å². The quantitative estimate of drug-likeness (QED) is 0.319. The summed E-state index contributed by atoms with van der Waals surface area (Å²) < 4.78 is 7.69. The first kappa shape index (κ1) is 20.8. The number of furan rings is 1. The normalized spacial score (nSPS) is 19.7. The van der Waals surface area contributed by atoms with E-state index in [2.05, 4.69) is 4.90 Å². The molecule has 7 heteroatoms. The number of nitrogens with zero attached hydrogens (tertiary/aromatic N) is 3. The number of aromatic nitrogens is 2. The molecule has 0 aliphatic carbocycles. The van der Waals surface area contributed by atoms with Gasteiger partial charge >= 0.3 is 0 Å². The summed E-state index contributed by atoms with van der Waals surface area (Å²) in [6.07, 6.45) is 3.75. The van der Waals surface area contributed by atoms with E-state index >= 15 is 0 Å². The first-order valence-electron chi connectivity index (χ1n) is 11.2. The minimum absolute atomic E-state index is 0.0383. The van der Waals surface area contributed by atoms with Crippen molar-refractivity contribution in [3.05, 3.63) is 75.1 Å². The Hall–Kier alpha value is -2.76. The van der Waals surface area contributed by atoms with Crippen LogP contribution in [0.3, 0.4) is 0 Å². The summed E-state index contributed by atoms with van der Waals surface area (Å²) in [5, 5.41) is 7.12. The average molecular weight is 480 g/mol. The van der Waals surface area contributed by atoms with Crippen molar-refractivity contribution >= 4 is 40.1 Å². The predicted molar refractivity (Wildman–Crippen MR) is 130 cm³/mol.